The average molecular weight is 563 g/mol. The predicted molar refractivity (Wildman–Crippen MR) is 127 cm³/mol. The number of aliphatic carboxylic acids is 1. The highest BCUT2D eigenvalue weighted by atomic mass is 35.5. The number of amides is 1. The van der Waals surface area contributed by atoms with Gasteiger partial charge in [-0.25, -0.2) is 0 Å². The summed E-state index contributed by atoms with van der Waals surface area (Å²) in [5.74, 6) is -3.02. The molecule has 1 aliphatic heterocycles. The van der Waals surface area contributed by atoms with Gasteiger partial charge < -0.3 is 10.0 Å². The molecule has 3 aromatic rings. The van der Waals surface area contributed by atoms with Crippen LogP contribution < -0.4 is 0 Å². The van der Waals surface area contributed by atoms with Crippen molar-refractivity contribution in [2.75, 3.05) is 0 Å². The molecule has 0 saturated carbocycles. The first-order valence-corrected chi connectivity index (χ1v) is 11.5. The summed E-state index contributed by atoms with van der Waals surface area (Å²) in [5.41, 5.74) is -0.298. The summed E-state index contributed by atoms with van der Waals surface area (Å²) in [6.07, 6.45) is -4.68. The molecule has 0 aromatic heterocycles. The summed E-state index contributed by atoms with van der Waals surface area (Å²) in [7, 11) is 0. The zero-order chi connectivity index (χ0) is 25.7. The van der Waals surface area contributed by atoms with Gasteiger partial charge in [-0.2, -0.15) is 13.2 Å². The fraction of sp³-hybridized carbons (Fsp3) is 0.167. The van der Waals surface area contributed by atoms with E-state index in [-0.39, 0.29) is 38.3 Å². The van der Waals surface area contributed by atoms with Gasteiger partial charge in [-0.15, -0.1) is 0 Å². The SMILES string of the molecule is O=C(O)C1c2ccccc2C(=O)N(Cc2c(Cl)cc(C(F)(F)F)cc2Cl)C1c1ccc(Cl)cc1Cl. The number of carboxylic acid groups (broad SMARTS) is 1. The number of halogens is 7. The summed E-state index contributed by atoms with van der Waals surface area (Å²) in [6, 6.07) is 10.9. The van der Waals surface area contributed by atoms with Gasteiger partial charge in [-0.05, 0) is 41.5 Å². The molecule has 4 nitrogen and oxygen atoms in total. The molecule has 11 heteroatoms. The number of nitrogens with zero attached hydrogens (tertiary/aromatic N) is 1. The van der Waals surface area contributed by atoms with E-state index in [9.17, 15) is 27.9 Å². The summed E-state index contributed by atoms with van der Waals surface area (Å²) < 4.78 is 39.6. The molecular weight excluding hydrogens is 549 g/mol. The maximum Gasteiger partial charge on any atom is 0.416 e. The zero-order valence-electron chi connectivity index (χ0n) is 17.4. The first-order chi connectivity index (χ1) is 16.4. The molecule has 0 aliphatic carbocycles. The second-order valence-electron chi connectivity index (χ2n) is 7.86. The van der Waals surface area contributed by atoms with Crippen LogP contribution in [-0.4, -0.2) is 21.9 Å². The molecule has 1 heterocycles. The van der Waals surface area contributed by atoms with Crippen molar-refractivity contribution in [1.29, 1.82) is 0 Å². The maximum atomic E-state index is 13.6. The Labute approximate surface area is 217 Å². The number of alkyl halides is 3. The van der Waals surface area contributed by atoms with Crippen molar-refractivity contribution in [3.05, 3.63) is 103 Å². The standard InChI is InChI=1S/C24H14Cl4F3NO3/c25-12-5-6-15(19(28)9-12)21-20(23(34)35)13-3-1-2-4-14(13)22(33)32(21)10-16-17(26)7-11(8-18(16)27)24(29,30)31/h1-9,20-21H,10H2,(H,34,35). The summed E-state index contributed by atoms with van der Waals surface area (Å²) in [5, 5.41) is 9.97. The van der Waals surface area contributed by atoms with Gasteiger partial charge in [0.25, 0.3) is 5.91 Å². The molecule has 0 radical (unpaired) electrons. The lowest BCUT2D eigenvalue weighted by molar-refractivity contribution is -0.141. The zero-order valence-corrected chi connectivity index (χ0v) is 20.4. The molecule has 1 aliphatic rings. The first-order valence-electron chi connectivity index (χ1n) is 10.0. The quantitative estimate of drug-likeness (QED) is 0.352. The van der Waals surface area contributed by atoms with E-state index in [1.165, 1.54) is 35.2 Å². The number of hydrogen-bond donors (Lipinski definition) is 1. The molecule has 2 atom stereocenters. The van der Waals surface area contributed by atoms with E-state index in [1.54, 1.807) is 12.1 Å². The van der Waals surface area contributed by atoms with Crippen LogP contribution in [0.5, 0.6) is 0 Å². The molecule has 1 amide bonds. The Kier molecular flexibility index (Phi) is 6.99. The topological polar surface area (TPSA) is 57.6 Å². The van der Waals surface area contributed by atoms with Crippen LogP contribution in [0.25, 0.3) is 0 Å². The van der Waals surface area contributed by atoms with Gasteiger partial charge in [-0.1, -0.05) is 70.7 Å². The summed E-state index contributed by atoms with van der Waals surface area (Å²) >= 11 is 24.8. The highest BCUT2D eigenvalue weighted by Gasteiger charge is 2.45. The second kappa shape index (κ2) is 9.54. The minimum atomic E-state index is -4.68. The highest BCUT2D eigenvalue weighted by Crippen LogP contribution is 2.47. The number of benzene rings is 3. The number of rotatable bonds is 4. The van der Waals surface area contributed by atoms with Gasteiger partial charge in [0, 0.05) is 37.8 Å². The largest absolute Gasteiger partial charge is 0.481 e. The van der Waals surface area contributed by atoms with Crippen LogP contribution in [0.15, 0.2) is 54.6 Å². The van der Waals surface area contributed by atoms with Crippen molar-refractivity contribution in [2.24, 2.45) is 0 Å². The van der Waals surface area contributed by atoms with E-state index in [1.807, 2.05) is 0 Å². The smallest absolute Gasteiger partial charge is 0.416 e. The second-order valence-corrected chi connectivity index (χ2v) is 9.52. The molecule has 3 aromatic carbocycles. The Morgan fingerprint density at radius 2 is 1.54 bits per heavy atom. The molecule has 35 heavy (non-hydrogen) atoms. The van der Waals surface area contributed by atoms with Crippen LogP contribution in [0.1, 0.15) is 44.6 Å². The van der Waals surface area contributed by atoms with Gasteiger partial charge >= 0.3 is 12.1 Å². The van der Waals surface area contributed by atoms with Crippen molar-refractivity contribution in [3.8, 4) is 0 Å². The van der Waals surface area contributed by atoms with E-state index >= 15 is 0 Å². The Bertz CT molecular complexity index is 1320. The number of hydrogen-bond acceptors (Lipinski definition) is 2. The molecule has 1 N–H and O–H groups in total. The minimum absolute atomic E-state index is 0.0355. The molecule has 2 unspecified atom stereocenters. The third-order valence-corrected chi connectivity index (χ3v) is 7.02. The van der Waals surface area contributed by atoms with Crippen LogP contribution in [0, 0.1) is 0 Å². The third kappa shape index (κ3) is 4.83. The highest BCUT2D eigenvalue weighted by molar-refractivity contribution is 6.36. The Balaban J connectivity index is 1.91. The lowest BCUT2D eigenvalue weighted by atomic mass is 9.79. The van der Waals surface area contributed by atoms with Crippen LogP contribution >= 0.6 is 46.4 Å². The lowest BCUT2D eigenvalue weighted by Crippen LogP contribution is -2.44. The predicted octanol–water partition coefficient (Wildman–Crippen LogP) is 7.88. The minimum Gasteiger partial charge on any atom is -0.481 e. The van der Waals surface area contributed by atoms with Gasteiger partial charge in [0.1, 0.15) is 5.92 Å². The van der Waals surface area contributed by atoms with Crippen LogP contribution in [0.2, 0.25) is 20.1 Å². The number of fused-ring (bicyclic) bond motifs is 1. The van der Waals surface area contributed by atoms with Gasteiger partial charge in [0.05, 0.1) is 11.6 Å². The fourth-order valence-electron chi connectivity index (χ4n) is 4.21. The van der Waals surface area contributed by atoms with Crippen molar-refractivity contribution < 1.29 is 27.9 Å². The van der Waals surface area contributed by atoms with E-state index in [0.29, 0.717) is 22.7 Å². The average Bonchev–Trinajstić information content (AvgIpc) is 2.76. The van der Waals surface area contributed by atoms with Gasteiger partial charge in [0.2, 0.25) is 0 Å². The van der Waals surface area contributed by atoms with Crippen LogP contribution in [0.3, 0.4) is 0 Å². The van der Waals surface area contributed by atoms with E-state index < -0.39 is 35.6 Å². The Hall–Kier alpha value is -2.45. The monoisotopic (exact) mass is 561 g/mol. The Morgan fingerprint density at radius 3 is 2.11 bits per heavy atom. The lowest BCUT2D eigenvalue weighted by Gasteiger charge is -2.41. The molecule has 4 rings (SSSR count). The molecule has 0 saturated heterocycles. The number of carbonyl (C=O) groups excluding carboxylic acids is 1. The molecule has 182 valence electrons. The fourth-order valence-corrected chi connectivity index (χ4v) is 5.34. The number of carbonyl (C=O) groups is 2. The maximum absolute atomic E-state index is 13.6. The van der Waals surface area contributed by atoms with E-state index in [2.05, 4.69) is 0 Å². The molecule has 0 spiro atoms. The van der Waals surface area contributed by atoms with Gasteiger partial charge in [0.15, 0.2) is 0 Å². The van der Waals surface area contributed by atoms with Crippen molar-refractivity contribution in [3.63, 3.8) is 0 Å². The van der Waals surface area contributed by atoms with Gasteiger partial charge in [-0.3, -0.25) is 9.59 Å². The van der Waals surface area contributed by atoms with E-state index in [0.717, 1.165) is 0 Å². The van der Waals surface area contributed by atoms with Crippen LogP contribution in [0.4, 0.5) is 13.2 Å². The van der Waals surface area contributed by atoms with Crippen LogP contribution in [-0.2, 0) is 17.5 Å². The van der Waals surface area contributed by atoms with Crippen molar-refractivity contribution in [1.82, 2.24) is 4.90 Å². The van der Waals surface area contributed by atoms with Crippen molar-refractivity contribution in [2.45, 2.75) is 24.7 Å². The normalized spacial score (nSPS) is 17.9. The Morgan fingerprint density at radius 1 is 0.914 bits per heavy atom. The van der Waals surface area contributed by atoms with Crippen molar-refractivity contribution >= 4 is 58.3 Å². The summed E-state index contributed by atoms with van der Waals surface area (Å²) in [4.78, 5) is 27.3. The van der Waals surface area contributed by atoms with E-state index in [4.69, 9.17) is 46.4 Å². The summed E-state index contributed by atoms with van der Waals surface area (Å²) in [6.45, 7) is -0.365. The molecule has 0 bridgehead atoms. The molecule has 0 fully saturated rings. The third-order valence-electron chi connectivity index (χ3n) is 5.78. The number of carboxylic acids is 1. The molecular formula is C24H14Cl4F3NO3. The first kappa shape index (κ1) is 25.6.